The molecule has 12 nitrogen and oxygen atoms in total. The van der Waals surface area contributed by atoms with Gasteiger partial charge in [-0.05, 0) is 112 Å². The van der Waals surface area contributed by atoms with Crippen molar-refractivity contribution in [3.63, 3.8) is 0 Å². The molecule has 0 radical (unpaired) electrons. The molecule has 1 atom stereocenters. The van der Waals surface area contributed by atoms with E-state index < -0.39 is 12.2 Å². The van der Waals surface area contributed by atoms with Crippen LogP contribution in [0, 0.1) is 25.7 Å². The molecular formula is C41H57N5O7. The Balaban J connectivity index is 1.04. The van der Waals surface area contributed by atoms with E-state index in [1.165, 1.54) is 0 Å². The highest BCUT2D eigenvalue weighted by Crippen LogP contribution is 2.33. The summed E-state index contributed by atoms with van der Waals surface area (Å²) in [7, 11) is 1.62. The monoisotopic (exact) mass is 731 g/mol. The molecule has 3 fully saturated rings. The van der Waals surface area contributed by atoms with Gasteiger partial charge in [0.05, 0.1) is 13.2 Å². The number of methoxy groups -OCH3 is 1. The number of phenolic OH excluding ortho intramolecular Hbond substituents is 1. The predicted molar refractivity (Wildman–Crippen MR) is 202 cm³/mol. The van der Waals surface area contributed by atoms with Crippen LogP contribution in [-0.2, 0) is 31.9 Å². The Labute approximate surface area is 313 Å². The Hall–Kier alpha value is -4.16. The van der Waals surface area contributed by atoms with Crippen LogP contribution >= 0.6 is 0 Å². The number of benzene rings is 2. The maximum absolute atomic E-state index is 14.2. The third-order valence-electron chi connectivity index (χ3n) is 11.9. The van der Waals surface area contributed by atoms with E-state index in [0.29, 0.717) is 88.1 Å². The standard InChI is InChI=1S/C41H57N5O7/c1-28-24-30(25-29(2)38(28)48)26-37(39(49)44-18-10-32(11-19-44)31-8-16-43(17-9-31)27-35(47)15-23-52-3)53-41(51)45-20-13-34(14-21-45)46-22-12-33-6-4-5-7-36(33)42-40(46)50/h4-7,24-25,31-32,34,37,48H,8-23,26-27H2,1-3H3,(H,42,50)/t37-/m1/s1. The molecule has 4 amide bonds. The first-order valence-corrected chi connectivity index (χ1v) is 19.5. The van der Waals surface area contributed by atoms with Crippen molar-refractivity contribution in [2.24, 2.45) is 11.8 Å². The number of aromatic hydroxyl groups is 1. The van der Waals surface area contributed by atoms with E-state index in [2.05, 4.69) is 10.2 Å². The number of fused-ring (bicyclic) bond motifs is 1. The van der Waals surface area contributed by atoms with Gasteiger partial charge in [-0.15, -0.1) is 0 Å². The molecule has 2 aromatic rings. The highest BCUT2D eigenvalue weighted by Gasteiger charge is 2.37. The van der Waals surface area contributed by atoms with Gasteiger partial charge in [0, 0.05) is 64.4 Å². The number of nitrogens with one attached hydrogen (secondary N) is 1. The van der Waals surface area contributed by atoms with Crippen LogP contribution in [0.3, 0.4) is 0 Å². The van der Waals surface area contributed by atoms with E-state index >= 15 is 0 Å². The third-order valence-corrected chi connectivity index (χ3v) is 11.9. The van der Waals surface area contributed by atoms with Crippen LogP contribution in [0.1, 0.15) is 67.2 Å². The van der Waals surface area contributed by atoms with Crippen molar-refractivity contribution in [2.45, 2.75) is 83.8 Å². The van der Waals surface area contributed by atoms with Gasteiger partial charge in [-0.3, -0.25) is 14.5 Å². The molecule has 0 bridgehead atoms. The zero-order valence-electron chi connectivity index (χ0n) is 31.7. The number of rotatable bonds is 11. The molecule has 12 heteroatoms. The van der Waals surface area contributed by atoms with E-state index in [1.54, 1.807) is 12.0 Å². The van der Waals surface area contributed by atoms with Gasteiger partial charge in [0.15, 0.2) is 6.10 Å². The maximum atomic E-state index is 14.2. The lowest BCUT2D eigenvalue weighted by atomic mass is 9.78. The van der Waals surface area contributed by atoms with Gasteiger partial charge in [0.2, 0.25) is 0 Å². The maximum Gasteiger partial charge on any atom is 0.410 e. The van der Waals surface area contributed by atoms with Crippen LogP contribution in [0.4, 0.5) is 15.3 Å². The summed E-state index contributed by atoms with van der Waals surface area (Å²) in [5, 5.41) is 13.4. The van der Waals surface area contributed by atoms with Gasteiger partial charge < -0.3 is 34.6 Å². The number of ether oxygens (including phenoxy) is 2. The smallest absolute Gasteiger partial charge is 0.410 e. The van der Waals surface area contributed by atoms with Crippen LogP contribution in [0.2, 0.25) is 0 Å². The van der Waals surface area contributed by atoms with Gasteiger partial charge >= 0.3 is 12.1 Å². The SMILES string of the molecule is COCCC(=O)CN1CCC(C2CCN(C(=O)[C@@H](Cc3cc(C)c(O)c(C)c3)OC(=O)N3CCC(N4CCc5ccccc5NC4=O)CC3)CC2)CC1. The highest BCUT2D eigenvalue weighted by atomic mass is 16.6. The number of likely N-dealkylation sites (tertiary alicyclic amines) is 3. The number of aryl methyl sites for hydroxylation is 2. The average molecular weight is 732 g/mol. The first-order chi connectivity index (χ1) is 25.6. The molecule has 0 aliphatic carbocycles. The molecular weight excluding hydrogens is 674 g/mol. The highest BCUT2D eigenvalue weighted by molar-refractivity contribution is 5.91. The number of hydrogen-bond acceptors (Lipinski definition) is 8. The summed E-state index contributed by atoms with van der Waals surface area (Å²) in [5.74, 6) is 1.37. The second-order valence-electron chi connectivity index (χ2n) is 15.5. The molecule has 0 unspecified atom stereocenters. The molecule has 2 N–H and O–H groups in total. The molecule has 4 aliphatic heterocycles. The lowest BCUT2D eigenvalue weighted by Gasteiger charge is -2.41. The minimum atomic E-state index is -0.992. The number of nitrogens with zero attached hydrogens (tertiary/aromatic N) is 4. The molecule has 4 heterocycles. The fourth-order valence-electron chi connectivity index (χ4n) is 8.77. The molecule has 6 rings (SSSR count). The number of carbonyl (C=O) groups excluding carboxylic acids is 4. The summed E-state index contributed by atoms with van der Waals surface area (Å²) in [5.41, 5.74) is 4.23. The van der Waals surface area contributed by atoms with E-state index in [1.807, 2.05) is 60.0 Å². The van der Waals surface area contributed by atoms with Crippen LogP contribution in [0.5, 0.6) is 5.75 Å². The van der Waals surface area contributed by atoms with Crippen molar-refractivity contribution in [1.29, 1.82) is 0 Å². The number of urea groups is 1. The van der Waals surface area contributed by atoms with Crippen LogP contribution in [0.25, 0.3) is 0 Å². The average Bonchev–Trinajstić information content (AvgIpc) is 3.34. The quantitative estimate of drug-likeness (QED) is 0.324. The minimum absolute atomic E-state index is 0.00524. The molecule has 2 aromatic carbocycles. The lowest BCUT2D eigenvalue weighted by molar-refractivity contribution is -0.142. The molecule has 3 saturated heterocycles. The van der Waals surface area contributed by atoms with Gasteiger partial charge in [0.25, 0.3) is 5.91 Å². The Morgan fingerprint density at radius 3 is 2.15 bits per heavy atom. The van der Waals surface area contributed by atoms with Gasteiger partial charge in [-0.2, -0.15) is 0 Å². The predicted octanol–water partition coefficient (Wildman–Crippen LogP) is 5.17. The third kappa shape index (κ3) is 9.69. The second-order valence-corrected chi connectivity index (χ2v) is 15.5. The summed E-state index contributed by atoms with van der Waals surface area (Å²) < 4.78 is 11.1. The van der Waals surface area contributed by atoms with Crippen molar-refractivity contribution in [3.8, 4) is 5.75 Å². The fourth-order valence-corrected chi connectivity index (χ4v) is 8.77. The number of amides is 4. The van der Waals surface area contributed by atoms with E-state index in [0.717, 1.165) is 62.0 Å². The molecule has 0 spiro atoms. The van der Waals surface area contributed by atoms with Crippen molar-refractivity contribution in [3.05, 3.63) is 58.7 Å². The van der Waals surface area contributed by atoms with E-state index in [-0.39, 0.29) is 35.9 Å². The Bertz CT molecular complexity index is 1590. The molecule has 4 aliphatic rings. The number of Topliss-reactive ketones (excluding diaryl/α,β-unsaturated/α-hetero) is 1. The van der Waals surface area contributed by atoms with Gasteiger partial charge in [0.1, 0.15) is 11.5 Å². The number of phenols is 1. The van der Waals surface area contributed by atoms with Crippen molar-refractivity contribution >= 4 is 29.5 Å². The number of ketones is 1. The first-order valence-electron chi connectivity index (χ1n) is 19.5. The van der Waals surface area contributed by atoms with Crippen molar-refractivity contribution in [1.82, 2.24) is 19.6 Å². The summed E-state index contributed by atoms with van der Waals surface area (Å²) in [6, 6.07) is 11.5. The van der Waals surface area contributed by atoms with Gasteiger partial charge in [-0.1, -0.05) is 30.3 Å². The van der Waals surface area contributed by atoms with Crippen LogP contribution < -0.4 is 5.32 Å². The van der Waals surface area contributed by atoms with E-state index in [9.17, 15) is 24.3 Å². The first kappa shape index (κ1) is 38.6. The second kappa shape index (κ2) is 17.8. The van der Waals surface area contributed by atoms with Gasteiger partial charge in [-0.25, -0.2) is 9.59 Å². The molecule has 53 heavy (non-hydrogen) atoms. The summed E-state index contributed by atoms with van der Waals surface area (Å²) in [6.07, 6.45) is 5.13. The normalized spacial score (nSPS) is 20.1. The van der Waals surface area contributed by atoms with Crippen LogP contribution in [0.15, 0.2) is 36.4 Å². The zero-order valence-corrected chi connectivity index (χ0v) is 31.7. The zero-order chi connectivity index (χ0) is 37.5. The fraction of sp³-hybridized carbons (Fsp3) is 0.610. The van der Waals surface area contributed by atoms with E-state index in [4.69, 9.17) is 9.47 Å². The topological polar surface area (TPSA) is 132 Å². The van der Waals surface area contributed by atoms with Crippen LogP contribution in [-0.4, -0.2) is 127 Å². The Morgan fingerprint density at radius 1 is 0.868 bits per heavy atom. The minimum Gasteiger partial charge on any atom is -0.507 e. The summed E-state index contributed by atoms with van der Waals surface area (Å²) >= 11 is 0. The number of hydrogen-bond donors (Lipinski definition) is 2. The molecule has 288 valence electrons. The number of carbonyl (C=O) groups is 4. The number of para-hydroxylation sites is 1. The number of piperidine rings is 3. The molecule has 0 saturated carbocycles. The summed E-state index contributed by atoms with van der Waals surface area (Å²) in [4.78, 5) is 60.9. The molecule has 0 aromatic heterocycles. The number of anilines is 1. The van der Waals surface area contributed by atoms with Crippen molar-refractivity contribution < 1.29 is 33.8 Å². The largest absolute Gasteiger partial charge is 0.507 e. The Morgan fingerprint density at radius 2 is 1.49 bits per heavy atom. The summed E-state index contributed by atoms with van der Waals surface area (Å²) in [6.45, 7) is 9.18. The lowest BCUT2D eigenvalue weighted by Crippen LogP contribution is -2.52. The Kier molecular flexibility index (Phi) is 12.9. The van der Waals surface area contributed by atoms with Crippen molar-refractivity contribution in [2.75, 3.05) is 71.4 Å².